The van der Waals surface area contributed by atoms with E-state index in [1.54, 1.807) is 18.4 Å². The fourth-order valence-corrected chi connectivity index (χ4v) is 4.15. The number of alkyl halides is 3. The van der Waals surface area contributed by atoms with Gasteiger partial charge in [0.1, 0.15) is 12.6 Å². The zero-order valence-electron chi connectivity index (χ0n) is 21.9. The van der Waals surface area contributed by atoms with Gasteiger partial charge in [0.25, 0.3) is 0 Å². The van der Waals surface area contributed by atoms with Crippen LogP contribution < -0.4 is 10.6 Å². The van der Waals surface area contributed by atoms with E-state index in [4.69, 9.17) is 19.4 Å². The minimum absolute atomic E-state index is 0.220. The molecule has 1 aromatic carbocycles. The molecule has 0 aliphatic heterocycles. The van der Waals surface area contributed by atoms with Crippen LogP contribution in [0.2, 0.25) is 0 Å². The molecular formula is C24H31F3N6O5S. The van der Waals surface area contributed by atoms with Crippen LogP contribution in [0, 0.1) is 0 Å². The topological polar surface area (TPSA) is 140 Å². The van der Waals surface area contributed by atoms with Gasteiger partial charge < -0.3 is 25.2 Å². The highest BCUT2D eigenvalue weighted by Gasteiger charge is 2.38. The van der Waals surface area contributed by atoms with Crippen molar-refractivity contribution in [2.45, 2.75) is 51.7 Å². The van der Waals surface area contributed by atoms with Crippen molar-refractivity contribution in [2.24, 2.45) is 0 Å². The third-order valence-electron chi connectivity index (χ3n) is 4.84. The zero-order chi connectivity index (χ0) is 29.1. The molecule has 0 aliphatic carbocycles. The number of thiophene rings is 1. The average molecular weight is 573 g/mol. The first-order valence-corrected chi connectivity index (χ1v) is 12.5. The summed E-state index contributed by atoms with van der Waals surface area (Å²) in [6.07, 6.45) is -5.54. The second-order valence-corrected chi connectivity index (χ2v) is 10.2. The summed E-state index contributed by atoms with van der Waals surface area (Å²) in [5.41, 5.74) is 0.671. The van der Waals surface area contributed by atoms with Crippen LogP contribution in [-0.4, -0.2) is 63.8 Å². The lowest BCUT2D eigenvalue weighted by molar-refractivity contribution is -0.192. The van der Waals surface area contributed by atoms with Gasteiger partial charge in [0.05, 0.1) is 12.1 Å². The number of rotatable bonds is 10. The van der Waals surface area contributed by atoms with Crippen molar-refractivity contribution < 1.29 is 37.3 Å². The van der Waals surface area contributed by atoms with Crippen molar-refractivity contribution in [2.75, 3.05) is 20.2 Å². The van der Waals surface area contributed by atoms with Crippen molar-refractivity contribution in [1.29, 1.82) is 0 Å². The van der Waals surface area contributed by atoms with Crippen LogP contribution in [0.5, 0.6) is 0 Å². The molecule has 1 atom stereocenters. The molecule has 0 aliphatic rings. The van der Waals surface area contributed by atoms with Crippen LogP contribution in [-0.2, 0) is 33.0 Å². The Morgan fingerprint density at radius 2 is 1.74 bits per heavy atom. The third-order valence-corrected chi connectivity index (χ3v) is 5.96. The Bertz CT molecular complexity index is 1180. The lowest BCUT2D eigenvalue weighted by Crippen LogP contribution is -2.36. The fraction of sp³-hybridized carbons (Fsp3) is 0.458. The molecule has 0 radical (unpaired) electrons. The minimum atomic E-state index is -5.08. The summed E-state index contributed by atoms with van der Waals surface area (Å²) >= 11 is 1.64. The second-order valence-electron chi connectivity index (χ2n) is 9.04. The highest BCUT2D eigenvalue weighted by atomic mass is 32.1. The highest BCUT2D eigenvalue weighted by Crippen LogP contribution is 2.29. The van der Waals surface area contributed by atoms with E-state index in [2.05, 4.69) is 53.0 Å². The number of benzene rings is 1. The normalized spacial score (nSPS) is 12.3. The maximum atomic E-state index is 12.0. The van der Waals surface area contributed by atoms with Crippen LogP contribution in [0.25, 0.3) is 0 Å². The van der Waals surface area contributed by atoms with Crippen LogP contribution in [0.3, 0.4) is 0 Å². The lowest BCUT2D eigenvalue weighted by Gasteiger charge is -2.24. The number of aromatic nitrogens is 4. The molecule has 3 aromatic rings. The molecule has 0 saturated heterocycles. The summed E-state index contributed by atoms with van der Waals surface area (Å²) in [6.45, 7) is 7.87. The highest BCUT2D eigenvalue weighted by molar-refractivity contribution is 7.12. The molecule has 39 heavy (non-hydrogen) atoms. The van der Waals surface area contributed by atoms with E-state index >= 15 is 0 Å². The van der Waals surface area contributed by atoms with Crippen molar-refractivity contribution >= 4 is 23.4 Å². The standard InChI is InChI=1S/C22H30N6O3S.C2HF3O2/c1-22(2,3)28-20(25-26-27-28)19(18-11-10-17(32-18)15-30-4)23-12-13-24-21(29)31-14-16-8-6-5-7-9-16;3-2(4,5)1(6)7/h5-11,19,23H,12-15H2,1-4H3,(H,24,29);(H,6,7). The maximum Gasteiger partial charge on any atom is 0.490 e. The largest absolute Gasteiger partial charge is 0.490 e. The first-order valence-electron chi connectivity index (χ1n) is 11.7. The molecule has 0 fully saturated rings. The smallest absolute Gasteiger partial charge is 0.475 e. The summed E-state index contributed by atoms with van der Waals surface area (Å²) in [6, 6.07) is 13.5. The first kappa shape index (κ1) is 31.7. The van der Waals surface area contributed by atoms with Gasteiger partial charge in [0.2, 0.25) is 0 Å². The number of alkyl carbamates (subject to hydrolysis) is 1. The number of carboxylic acids is 1. The van der Waals surface area contributed by atoms with E-state index in [0.29, 0.717) is 19.7 Å². The molecule has 0 spiro atoms. The molecule has 0 bridgehead atoms. The van der Waals surface area contributed by atoms with Gasteiger partial charge in [-0.2, -0.15) is 13.2 Å². The molecule has 1 unspecified atom stereocenters. The van der Waals surface area contributed by atoms with Gasteiger partial charge >= 0.3 is 18.2 Å². The predicted octanol–water partition coefficient (Wildman–Crippen LogP) is 3.87. The number of tetrazole rings is 1. The molecule has 11 nitrogen and oxygen atoms in total. The maximum absolute atomic E-state index is 12.0. The Morgan fingerprint density at radius 1 is 1.08 bits per heavy atom. The van der Waals surface area contributed by atoms with Gasteiger partial charge in [0.15, 0.2) is 5.82 Å². The summed E-state index contributed by atoms with van der Waals surface area (Å²) in [5, 5.41) is 25.8. The summed E-state index contributed by atoms with van der Waals surface area (Å²) in [5.74, 6) is -2.04. The van der Waals surface area contributed by atoms with E-state index in [1.165, 1.54) is 0 Å². The van der Waals surface area contributed by atoms with Crippen molar-refractivity contribution in [3.63, 3.8) is 0 Å². The summed E-state index contributed by atoms with van der Waals surface area (Å²) < 4.78 is 44.1. The molecule has 1 amide bonds. The molecule has 3 N–H and O–H groups in total. The number of carbonyl (C=O) groups is 2. The Kier molecular flexibility index (Phi) is 11.8. The number of amides is 1. The number of nitrogens with zero attached hydrogens (tertiary/aromatic N) is 4. The van der Waals surface area contributed by atoms with E-state index in [1.807, 2.05) is 41.1 Å². The number of carbonyl (C=O) groups excluding carboxylic acids is 1. The fourth-order valence-electron chi connectivity index (χ4n) is 3.10. The SMILES string of the molecule is COCc1ccc(C(NCCNC(=O)OCc2ccccc2)c2nnnn2C(C)(C)C)s1.O=C(O)C(F)(F)F. The Morgan fingerprint density at radius 3 is 2.33 bits per heavy atom. The van der Waals surface area contributed by atoms with Gasteiger partial charge in [-0.15, -0.1) is 16.4 Å². The van der Waals surface area contributed by atoms with E-state index in [0.717, 1.165) is 21.1 Å². The van der Waals surface area contributed by atoms with Gasteiger partial charge in [-0.3, -0.25) is 0 Å². The molecular weight excluding hydrogens is 541 g/mol. The Hall–Kier alpha value is -3.56. The molecule has 3 rings (SSSR count). The Labute approximate surface area is 227 Å². The molecule has 15 heteroatoms. The molecule has 214 valence electrons. The third kappa shape index (κ3) is 10.6. The number of methoxy groups -OCH3 is 1. The van der Waals surface area contributed by atoms with Crippen molar-refractivity contribution in [1.82, 2.24) is 30.8 Å². The van der Waals surface area contributed by atoms with Gasteiger partial charge in [-0.05, 0) is 48.9 Å². The van der Waals surface area contributed by atoms with E-state index in [-0.39, 0.29) is 18.2 Å². The number of halogens is 3. The van der Waals surface area contributed by atoms with Crippen molar-refractivity contribution in [3.05, 3.63) is 63.6 Å². The van der Waals surface area contributed by atoms with Crippen LogP contribution >= 0.6 is 11.3 Å². The van der Waals surface area contributed by atoms with Crippen LogP contribution in [0.1, 0.15) is 48.0 Å². The van der Waals surface area contributed by atoms with Crippen LogP contribution in [0.15, 0.2) is 42.5 Å². The van der Waals surface area contributed by atoms with E-state index < -0.39 is 18.2 Å². The molecule has 2 aromatic heterocycles. The minimum Gasteiger partial charge on any atom is -0.475 e. The number of carboxylic acid groups (broad SMARTS) is 1. The lowest BCUT2D eigenvalue weighted by atomic mass is 10.1. The average Bonchev–Trinajstić information content (AvgIpc) is 3.54. The van der Waals surface area contributed by atoms with E-state index in [9.17, 15) is 18.0 Å². The number of ether oxygens (including phenoxy) is 2. The van der Waals surface area contributed by atoms with Crippen LogP contribution in [0.4, 0.5) is 18.0 Å². The number of hydrogen-bond donors (Lipinski definition) is 3. The van der Waals surface area contributed by atoms with Gasteiger partial charge in [0, 0.05) is 30.0 Å². The van der Waals surface area contributed by atoms with Gasteiger partial charge in [-0.1, -0.05) is 30.3 Å². The quantitative estimate of drug-likeness (QED) is 0.309. The summed E-state index contributed by atoms with van der Waals surface area (Å²) in [4.78, 5) is 23.1. The zero-order valence-corrected chi connectivity index (χ0v) is 22.7. The monoisotopic (exact) mass is 572 g/mol. The molecule has 0 saturated carbocycles. The number of nitrogens with one attached hydrogen (secondary N) is 2. The number of hydrogen-bond acceptors (Lipinski definition) is 9. The van der Waals surface area contributed by atoms with Gasteiger partial charge in [-0.25, -0.2) is 14.3 Å². The molecule has 2 heterocycles. The first-order chi connectivity index (χ1) is 18.3. The van der Waals surface area contributed by atoms with Crippen molar-refractivity contribution in [3.8, 4) is 0 Å². The predicted molar refractivity (Wildman–Crippen MR) is 136 cm³/mol. The Balaban J connectivity index is 0.000000673. The summed E-state index contributed by atoms with van der Waals surface area (Å²) in [7, 11) is 1.68. The number of aliphatic carboxylic acids is 1. The second kappa shape index (κ2) is 14.6.